The van der Waals surface area contributed by atoms with E-state index in [0.29, 0.717) is 18.5 Å². The number of benzene rings is 1. The van der Waals surface area contributed by atoms with Crippen molar-refractivity contribution < 1.29 is 0 Å². The number of guanidine groups is 1. The second-order valence-corrected chi connectivity index (χ2v) is 5.57. The summed E-state index contributed by atoms with van der Waals surface area (Å²) in [5.41, 5.74) is 13.8. The predicted octanol–water partition coefficient (Wildman–Crippen LogP) is 1.96. The molecule has 0 saturated carbocycles. The van der Waals surface area contributed by atoms with Crippen molar-refractivity contribution in [3.05, 3.63) is 35.4 Å². The largest absolute Gasteiger partial charge is 0.370 e. The monoisotopic (exact) mass is 388 g/mol. The molecule has 0 aliphatic carbocycles. The van der Waals surface area contributed by atoms with E-state index in [1.807, 2.05) is 0 Å². The van der Waals surface area contributed by atoms with E-state index in [1.165, 1.54) is 11.1 Å². The molecule has 0 saturated heterocycles. The summed E-state index contributed by atoms with van der Waals surface area (Å²) in [5.74, 6) is 0.719. The highest BCUT2D eigenvalue weighted by molar-refractivity contribution is 14.0. The third-order valence-electron chi connectivity index (χ3n) is 3.86. The maximum atomic E-state index is 5.46. The molecule has 0 radical (unpaired) electrons. The predicted molar refractivity (Wildman–Crippen MR) is 95.3 cm³/mol. The first-order valence-corrected chi connectivity index (χ1v) is 6.94. The summed E-state index contributed by atoms with van der Waals surface area (Å²) in [6, 6.07) is 9.08. The highest BCUT2D eigenvalue weighted by atomic mass is 127. The Kier molecular flexibility index (Phi) is 6.75. The SMILES string of the molecule is CC(C)C(CN=C(N)N)N1CCc2ccccc2C1.I. The lowest BCUT2D eigenvalue weighted by atomic mass is 9.95. The smallest absolute Gasteiger partial charge is 0.185 e. The Bertz CT molecular complexity index is 455. The lowest BCUT2D eigenvalue weighted by Gasteiger charge is -2.37. The topological polar surface area (TPSA) is 67.6 Å². The summed E-state index contributed by atoms with van der Waals surface area (Å²) in [5, 5.41) is 0. The minimum absolute atomic E-state index is 0. The van der Waals surface area contributed by atoms with Crippen molar-refractivity contribution in [2.24, 2.45) is 22.4 Å². The van der Waals surface area contributed by atoms with Gasteiger partial charge in [-0.2, -0.15) is 0 Å². The molecule has 2 rings (SSSR count). The van der Waals surface area contributed by atoms with Gasteiger partial charge in [0, 0.05) is 19.1 Å². The number of hydrogen-bond acceptors (Lipinski definition) is 2. The Hall–Kier alpha value is -0.820. The van der Waals surface area contributed by atoms with E-state index < -0.39 is 0 Å². The van der Waals surface area contributed by atoms with Gasteiger partial charge in [-0.3, -0.25) is 9.89 Å². The number of nitrogens with zero attached hydrogens (tertiary/aromatic N) is 2. The fourth-order valence-electron chi connectivity index (χ4n) is 2.75. The molecule has 20 heavy (non-hydrogen) atoms. The van der Waals surface area contributed by atoms with Crippen molar-refractivity contribution in [1.29, 1.82) is 0 Å². The van der Waals surface area contributed by atoms with Crippen LogP contribution < -0.4 is 11.5 Å². The standard InChI is InChI=1S/C15H24N4.HI/c1-11(2)14(9-18-15(16)17)19-8-7-12-5-3-4-6-13(12)10-19;/h3-6,11,14H,7-10H2,1-2H3,(H4,16,17,18);1H. The second kappa shape index (κ2) is 7.83. The van der Waals surface area contributed by atoms with Crippen molar-refractivity contribution in [1.82, 2.24) is 4.90 Å². The van der Waals surface area contributed by atoms with Crippen molar-refractivity contribution >= 4 is 29.9 Å². The van der Waals surface area contributed by atoms with Crippen molar-refractivity contribution in [3.63, 3.8) is 0 Å². The molecular weight excluding hydrogens is 363 g/mol. The van der Waals surface area contributed by atoms with Gasteiger partial charge in [-0.15, -0.1) is 24.0 Å². The third-order valence-corrected chi connectivity index (χ3v) is 3.86. The minimum Gasteiger partial charge on any atom is -0.370 e. The molecule has 5 heteroatoms. The molecule has 1 aliphatic heterocycles. The molecule has 0 spiro atoms. The zero-order valence-corrected chi connectivity index (χ0v) is 14.6. The first-order chi connectivity index (χ1) is 9.08. The Morgan fingerprint density at radius 2 is 1.90 bits per heavy atom. The van der Waals surface area contributed by atoms with Gasteiger partial charge < -0.3 is 11.5 Å². The molecule has 112 valence electrons. The summed E-state index contributed by atoms with van der Waals surface area (Å²) in [7, 11) is 0. The zero-order chi connectivity index (χ0) is 13.8. The number of halogens is 1. The van der Waals surface area contributed by atoms with E-state index in [9.17, 15) is 0 Å². The molecule has 0 aromatic heterocycles. The first-order valence-electron chi connectivity index (χ1n) is 6.94. The van der Waals surface area contributed by atoms with Gasteiger partial charge in [-0.05, 0) is 23.5 Å². The summed E-state index contributed by atoms with van der Waals surface area (Å²) in [6.45, 7) is 7.22. The fraction of sp³-hybridized carbons (Fsp3) is 0.533. The molecule has 1 aliphatic rings. The first kappa shape index (κ1) is 17.2. The molecule has 1 aromatic carbocycles. The molecule has 4 nitrogen and oxygen atoms in total. The van der Waals surface area contributed by atoms with Crippen LogP contribution in [0.5, 0.6) is 0 Å². The number of rotatable bonds is 4. The van der Waals surface area contributed by atoms with E-state index in [-0.39, 0.29) is 29.9 Å². The minimum atomic E-state index is 0. The summed E-state index contributed by atoms with van der Waals surface area (Å²) < 4.78 is 0. The van der Waals surface area contributed by atoms with Crippen molar-refractivity contribution in [2.75, 3.05) is 13.1 Å². The molecular formula is C15H25IN4. The molecule has 1 unspecified atom stereocenters. The molecule has 1 atom stereocenters. The van der Waals surface area contributed by atoms with Gasteiger partial charge in [0.25, 0.3) is 0 Å². The number of hydrogen-bond donors (Lipinski definition) is 2. The molecule has 0 amide bonds. The van der Waals surface area contributed by atoms with E-state index in [2.05, 4.69) is 48.0 Å². The van der Waals surface area contributed by atoms with Crippen LogP contribution >= 0.6 is 24.0 Å². The molecule has 4 N–H and O–H groups in total. The Morgan fingerprint density at radius 3 is 2.50 bits per heavy atom. The van der Waals surface area contributed by atoms with Gasteiger partial charge in [-0.1, -0.05) is 38.1 Å². The van der Waals surface area contributed by atoms with Crippen LogP contribution in [0.3, 0.4) is 0 Å². The van der Waals surface area contributed by atoms with E-state index in [1.54, 1.807) is 0 Å². The quantitative estimate of drug-likeness (QED) is 0.471. The Labute approximate surface area is 138 Å². The Morgan fingerprint density at radius 1 is 1.25 bits per heavy atom. The van der Waals surface area contributed by atoms with Crippen LogP contribution in [0.15, 0.2) is 29.3 Å². The zero-order valence-electron chi connectivity index (χ0n) is 12.2. The van der Waals surface area contributed by atoms with Crippen LogP contribution in [0.1, 0.15) is 25.0 Å². The maximum absolute atomic E-state index is 5.46. The lowest BCUT2D eigenvalue weighted by molar-refractivity contribution is 0.144. The van der Waals surface area contributed by atoms with Crippen LogP contribution in [0.2, 0.25) is 0 Å². The fourth-order valence-corrected chi connectivity index (χ4v) is 2.75. The van der Waals surface area contributed by atoms with Gasteiger partial charge in [0.15, 0.2) is 5.96 Å². The Balaban J connectivity index is 0.00000200. The number of fused-ring (bicyclic) bond motifs is 1. The van der Waals surface area contributed by atoms with E-state index in [4.69, 9.17) is 11.5 Å². The average Bonchev–Trinajstić information content (AvgIpc) is 2.38. The molecule has 0 fully saturated rings. The van der Waals surface area contributed by atoms with Crippen molar-refractivity contribution in [2.45, 2.75) is 32.9 Å². The van der Waals surface area contributed by atoms with Crippen LogP contribution in [0.25, 0.3) is 0 Å². The van der Waals surface area contributed by atoms with Gasteiger partial charge in [0.2, 0.25) is 0 Å². The summed E-state index contributed by atoms with van der Waals surface area (Å²) >= 11 is 0. The normalized spacial score (nSPS) is 16.1. The van der Waals surface area contributed by atoms with Crippen LogP contribution in [-0.4, -0.2) is 30.0 Å². The lowest BCUT2D eigenvalue weighted by Crippen LogP contribution is -2.44. The van der Waals surface area contributed by atoms with Gasteiger partial charge in [0.1, 0.15) is 0 Å². The van der Waals surface area contributed by atoms with Gasteiger partial charge >= 0.3 is 0 Å². The molecule has 0 bridgehead atoms. The van der Waals surface area contributed by atoms with Crippen molar-refractivity contribution in [3.8, 4) is 0 Å². The maximum Gasteiger partial charge on any atom is 0.185 e. The number of nitrogens with two attached hydrogens (primary N) is 2. The third kappa shape index (κ3) is 4.34. The highest BCUT2D eigenvalue weighted by Crippen LogP contribution is 2.23. The average molecular weight is 388 g/mol. The van der Waals surface area contributed by atoms with E-state index >= 15 is 0 Å². The summed E-state index contributed by atoms with van der Waals surface area (Å²) in [6.07, 6.45) is 1.11. The van der Waals surface area contributed by atoms with Crippen LogP contribution in [0, 0.1) is 5.92 Å². The van der Waals surface area contributed by atoms with E-state index in [0.717, 1.165) is 19.5 Å². The van der Waals surface area contributed by atoms with Gasteiger partial charge in [-0.25, -0.2) is 0 Å². The number of aliphatic imine (C=N–C) groups is 1. The highest BCUT2D eigenvalue weighted by Gasteiger charge is 2.25. The second-order valence-electron chi connectivity index (χ2n) is 5.57. The van der Waals surface area contributed by atoms with Crippen LogP contribution in [-0.2, 0) is 13.0 Å². The summed E-state index contributed by atoms with van der Waals surface area (Å²) in [4.78, 5) is 6.71. The van der Waals surface area contributed by atoms with Gasteiger partial charge in [0.05, 0.1) is 6.54 Å². The molecule has 1 heterocycles. The van der Waals surface area contributed by atoms with Crippen LogP contribution in [0.4, 0.5) is 0 Å². The molecule has 1 aromatic rings.